The van der Waals surface area contributed by atoms with Gasteiger partial charge in [-0.25, -0.2) is 15.0 Å². The number of aromatic amines is 1. The molecule has 1 fully saturated rings. The number of hydrogen-bond acceptors (Lipinski definition) is 8. The Morgan fingerprint density at radius 1 is 1.20 bits per heavy atom. The van der Waals surface area contributed by atoms with Crippen LogP contribution in [0.2, 0.25) is 0 Å². The van der Waals surface area contributed by atoms with Gasteiger partial charge in [-0.3, -0.25) is 9.89 Å². The third-order valence-corrected chi connectivity index (χ3v) is 8.08. The minimum atomic E-state index is -4.57. The third-order valence-electron chi connectivity index (χ3n) is 6.84. The molecule has 3 aromatic heterocycles. The number of benzene rings is 1. The number of amides is 1. The number of halogens is 3. The summed E-state index contributed by atoms with van der Waals surface area (Å²) in [5.41, 5.74) is 1.09. The first-order chi connectivity index (χ1) is 19.1. The van der Waals surface area contributed by atoms with Crippen molar-refractivity contribution in [3.8, 4) is 10.4 Å². The summed E-state index contributed by atoms with van der Waals surface area (Å²) in [5.74, 6) is -0.177. The van der Waals surface area contributed by atoms with Crippen LogP contribution in [0.15, 0.2) is 49.1 Å². The number of nitrogens with one attached hydrogen (secondary N) is 3. The number of carbonyl (C=O) groups is 1. The molecule has 9 nitrogen and oxygen atoms in total. The number of aliphatic hydroxyl groups is 1. The van der Waals surface area contributed by atoms with Crippen molar-refractivity contribution in [2.24, 2.45) is 0 Å². The van der Waals surface area contributed by atoms with Gasteiger partial charge in [-0.2, -0.15) is 18.3 Å². The van der Waals surface area contributed by atoms with Gasteiger partial charge in [0.15, 0.2) is 0 Å². The predicted octanol–water partition coefficient (Wildman–Crippen LogP) is 5.27. The van der Waals surface area contributed by atoms with Crippen molar-refractivity contribution >= 4 is 28.9 Å². The summed E-state index contributed by atoms with van der Waals surface area (Å²) in [5, 5.41) is 24.5. The molecule has 0 aliphatic heterocycles. The average molecular weight is 572 g/mol. The van der Waals surface area contributed by atoms with Crippen molar-refractivity contribution in [1.82, 2.24) is 30.5 Å². The summed E-state index contributed by atoms with van der Waals surface area (Å²) in [6, 6.07) is 6.33. The van der Waals surface area contributed by atoms with Crippen molar-refractivity contribution in [3.63, 3.8) is 0 Å². The zero-order valence-corrected chi connectivity index (χ0v) is 22.4. The molecule has 40 heavy (non-hydrogen) atoms. The standard InChI is InChI=1S/C27H28F3N7O2S/c1-16-10-18(12-20(11-16)36-25-31-9-6-22(37-25)27(28,29)30)21-15-32-24(40-21)26(39)7-4-19(5-8-26)35-23(38)3-2-17-13-33-34-14-17/h6,9-15,19,39H,2-5,7-8H2,1H3,(H,33,34)(H,35,38)(H,31,36,37). The van der Waals surface area contributed by atoms with E-state index < -0.39 is 17.5 Å². The van der Waals surface area contributed by atoms with Crippen LogP contribution in [0, 0.1) is 6.92 Å². The second-order valence-corrected chi connectivity index (χ2v) is 11.0. The average Bonchev–Trinajstić information content (AvgIpc) is 3.62. The SMILES string of the molecule is Cc1cc(Nc2nccc(C(F)(F)F)n2)cc(-c2cnc(C3(O)CCC(NC(=O)CCc4cn[nH]c4)CC3)s2)c1. The Hall–Kier alpha value is -3.84. The summed E-state index contributed by atoms with van der Waals surface area (Å²) in [6.07, 6.45) is 4.88. The van der Waals surface area contributed by atoms with Crippen LogP contribution in [0.1, 0.15) is 53.9 Å². The van der Waals surface area contributed by atoms with Gasteiger partial charge in [-0.1, -0.05) is 6.07 Å². The summed E-state index contributed by atoms with van der Waals surface area (Å²) in [7, 11) is 0. The lowest BCUT2D eigenvalue weighted by atomic mass is 9.82. The molecule has 0 unspecified atom stereocenters. The number of aromatic nitrogens is 5. The molecule has 1 saturated carbocycles. The van der Waals surface area contributed by atoms with Crippen molar-refractivity contribution in [2.75, 3.05) is 5.32 Å². The minimum absolute atomic E-state index is 0.0000279. The van der Waals surface area contributed by atoms with Crippen LogP contribution in [0.4, 0.5) is 24.8 Å². The molecule has 1 aromatic carbocycles. The molecule has 1 amide bonds. The van der Waals surface area contributed by atoms with Crippen molar-refractivity contribution < 1.29 is 23.1 Å². The maximum atomic E-state index is 13.0. The summed E-state index contributed by atoms with van der Waals surface area (Å²) in [4.78, 5) is 25.2. The Morgan fingerprint density at radius 3 is 2.73 bits per heavy atom. The fourth-order valence-corrected chi connectivity index (χ4v) is 5.80. The number of anilines is 2. The van der Waals surface area contributed by atoms with Crippen LogP contribution < -0.4 is 10.6 Å². The zero-order chi connectivity index (χ0) is 28.3. The maximum absolute atomic E-state index is 13.0. The Bertz CT molecular complexity index is 1470. The Kier molecular flexibility index (Phi) is 7.86. The molecule has 0 spiro atoms. The highest BCUT2D eigenvalue weighted by atomic mass is 32.1. The first kappa shape index (κ1) is 27.7. The Balaban J connectivity index is 1.22. The van der Waals surface area contributed by atoms with Crippen LogP contribution in [-0.2, 0) is 23.0 Å². The van der Waals surface area contributed by atoms with Gasteiger partial charge in [0.1, 0.15) is 16.3 Å². The second-order valence-electron chi connectivity index (χ2n) is 9.99. The number of alkyl halides is 3. The molecule has 210 valence electrons. The fourth-order valence-electron chi connectivity index (χ4n) is 4.75. The lowest BCUT2D eigenvalue weighted by molar-refractivity contribution is -0.141. The van der Waals surface area contributed by atoms with Gasteiger partial charge in [-0.15, -0.1) is 11.3 Å². The molecule has 0 bridgehead atoms. The molecule has 3 heterocycles. The van der Waals surface area contributed by atoms with Gasteiger partial charge < -0.3 is 15.7 Å². The topological polar surface area (TPSA) is 129 Å². The lowest BCUT2D eigenvalue weighted by Gasteiger charge is -2.34. The number of thiazole rings is 1. The van der Waals surface area contributed by atoms with Gasteiger partial charge >= 0.3 is 6.18 Å². The normalized spacial score (nSPS) is 19.4. The predicted molar refractivity (Wildman–Crippen MR) is 144 cm³/mol. The quantitative estimate of drug-likeness (QED) is 0.227. The van der Waals surface area contributed by atoms with Crippen LogP contribution in [0.5, 0.6) is 0 Å². The summed E-state index contributed by atoms with van der Waals surface area (Å²) in [6.45, 7) is 1.88. The first-order valence-electron chi connectivity index (χ1n) is 12.8. The van der Waals surface area contributed by atoms with Gasteiger partial charge in [0.2, 0.25) is 11.9 Å². The highest BCUT2D eigenvalue weighted by Crippen LogP contribution is 2.41. The number of carbonyl (C=O) groups excluding carboxylic acids is 1. The number of hydrogen-bond donors (Lipinski definition) is 4. The van der Waals surface area contributed by atoms with E-state index >= 15 is 0 Å². The highest BCUT2D eigenvalue weighted by Gasteiger charge is 2.38. The fraction of sp³-hybridized carbons (Fsp3) is 0.370. The zero-order valence-electron chi connectivity index (χ0n) is 21.6. The van der Waals surface area contributed by atoms with Crippen LogP contribution in [-0.4, -0.2) is 42.2 Å². The van der Waals surface area contributed by atoms with E-state index in [0.717, 1.165) is 33.8 Å². The van der Waals surface area contributed by atoms with Gasteiger partial charge in [0, 0.05) is 36.7 Å². The van der Waals surface area contributed by atoms with Crippen molar-refractivity contribution in [3.05, 3.63) is 70.9 Å². The number of rotatable bonds is 8. The maximum Gasteiger partial charge on any atom is 0.433 e. The molecule has 1 aliphatic rings. The minimum Gasteiger partial charge on any atom is -0.383 e. The van der Waals surface area contributed by atoms with E-state index in [-0.39, 0.29) is 17.9 Å². The van der Waals surface area contributed by atoms with E-state index in [4.69, 9.17) is 0 Å². The van der Waals surface area contributed by atoms with Crippen molar-refractivity contribution in [1.29, 1.82) is 0 Å². The molecule has 0 radical (unpaired) electrons. The molecule has 0 atom stereocenters. The number of H-pyrrole nitrogens is 1. The molecule has 13 heteroatoms. The van der Waals surface area contributed by atoms with E-state index in [9.17, 15) is 23.1 Å². The molecular weight excluding hydrogens is 543 g/mol. The number of aryl methyl sites for hydroxylation is 2. The van der Waals surface area contributed by atoms with E-state index in [0.29, 0.717) is 49.2 Å². The number of nitrogens with zero attached hydrogens (tertiary/aromatic N) is 4. The monoisotopic (exact) mass is 571 g/mol. The van der Waals surface area contributed by atoms with Gasteiger partial charge in [0.05, 0.1) is 11.1 Å². The molecule has 0 saturated heterocycles. The largest absolute Gasteiger partial charge is 0.433 e. The Morgan fingerprint density at radius 2 is 2.00 bits per heavy atom. The molecule has 1 aliphatic carbocycles. The first-order valence-corrected chi connectivity index (χ1v) is 13.6. The highest BCUT2D eigenvalue weighted by molar-refractivity contribution is 7.15. The van der Waals surface area contributed by atoms with Crippen molar-refractivity contribution in [2.45, 2.75) is 63.3 Å². The van der Waals surface area contributed by atoms with E-state index in [1.54, 1.807) is 30.7 Å². The summed E-state index contributed by atoms with van der Waals surface area (Å²) >= 11 is 1.38. The van der Waals surface area contributed by atoms with Crippen LogP contribution in [0.25, 0.3) is 10.4 Å². The lowest BCUT2D eigenvalue weighted by Crippen LogP contribution is -2.42. The van der Waals surface area contributed by atoms with Gasteiger partial charge in [-0.05, 0) is 73.9 Å². The second kappa shape index (κ2) is 11.3. The Labute approximate surface area is 232 Å². The van der Waals surface area contributed by atoms with Crippen LogP contribution in [0.3, 0.4) is 0 Å². The van der Waals surface area contributed by atoms with E-state index in [2.05, 4.69) is 35.8 Å². The molecule has 5 rings (SSSR count). The molecular formula is C27H28F3N7O2S. The molecule has 4 aromatic rings. The smallest absolute Gasteiger partial charge is 0.383 e. The summed E-state index contributed by atoms with van der Waals surface area (Å²) < 4.78 is 39.1. The third kappa shape index (κ3) is 6.65. The van der Waals surface area contributed by atoms with E-state index in [1.165, 1.54) is 11.3 Å². The molecule has 4 N–H and O–H groups in total. The van der Waals surface area contributed by atoms with Crippen LogP contribution >= 0.6 is 11.3 Å². The van der Waals surface area contributed by atoms with E-state index in [1.807, 2.05) is 13.0 Å². The van der Waals surface area contributed by atoms with Gasteiger partial charge in [0.25, 0.3) is 0 Å².